The van der Waals surface area contributed by atoms with Crippen molar-refractivity contribution < 1.29 is 5.11 Å². The number of nitrogen functional groups attached to an aromatic ring is 1. The fourth-order valence-corrected chi connectivity index (χ4v) is 8.53. The van der Waals surface area contributed by atoms with E-state index in [1.165, 1.54) is 62.3 Å². The number of hydrogen-bond acceptors (Lipinski definition) is 8. The molecule has 7 rings (SSSR count). The van der Waals surface area contributed by atoms with Crippen LogP contribution < -0.4 is 21.7 Å². The molecule has 39 heavy (non-hydrogen) atoms. The Morgan fingerprint density at radius 2 is 1.95 bits per heavy atom. The zero-order valence-corrected chi connectivity index (χ0v) is 23.4. The number of thiazole rings is 1. The number of anilines is 2. The van der Waals surface area contributed by atoms with Crippen molar-refractivity contribution in [1.29, 1.82) is 0 Å². The lowest BCUT2D eigenvalue weighted by Crippen LogP contribution is -2.65. The molecular weight excluding hydrogens is 506 g/mol. The zero-order chi connectivity index (χ0) is 26.7. The molecule has 1 unspecified atom stereocenters. The van der Waals surface area contributed by atoms with Crippen LogP contribution in [-0.4, -0.2) is 58.7 Å². The monoisotopic (exact) mass is 545 g/mol. The third-order valence-corrected chi connectivity index (χ3v) is 10.9. The lowest BCUT2D eigenvalue weighted by molar-refractivity contribution is -0.0431. The number of hydrogen-bond donors (Lipinski definition) is 5. The molecule has 5 heterocycles. The highest BCUT2D eigenvalue weighted by molar-refractivity contribution is 7.15. The summed E-state index contributed by atoms with van der Waals surface area (Å²) < 4.78 is 0. The number of rotatable bonds is 5. The molecule has 3 aromatic rings. The Morgan fingerprint density at radius 3 is 2.67 bits per heavy atom. The summed E-state index contributed by atoms with van der Waals surface area (Å²) in [5, 5.41) is 14.8. The van der Waals surface area contributed by atoms with Crippen molar-refractivity contribution in [1.82, 2.24) is 20.2 Å². The number of H-pyrrole nitrogens is 1. The van der Waals surface area contributed by atoms with Crippen LogP contribution in [0.25, 0.3) is 11.8 Å². The molecule has 3 fully saturated rings. The lowest BCUT2D eigenvalue weighted by atomic mass is 9.61. The summed E-state index contributed by atoms with van der Waals surface area (Å²) >= 11 is 1.87. The second kappa shape index (κ2) is 9.57. The average Bonchev–Trinajstić information content (AvgIpc) is 3.48. The molecule has 1 aliphatic carbocycles. The Morgan fingerprint density at radius 1 is 1.18 bits per heavy atom. The van der Waals surface area contributed by atoms with E-state index in [9.17, 15) is 5.11 Å². The van der Waals surface area contributed by atoms with Gasteiger partial charge in [-0.3, -0.25) is 0 Å². The maximum Gasteiger partial charge on any atom is 0.186 e. The second-order valence-corrected chi connectivity index (χ2v) is 13.1. The van der Waals surface area contributed by atoms with Crippen molar-refractivity contribution in [3.8, 4) is 5.75 Å². The van der Waals surface area contributed by atoms with Crippen LogP contribution in [-0.2, 0) is 6.42 Å². The molecular formula is C30H39N7OS. The van der Waals surface area contributed by atoms with Gasteiger partial charge in [0.05, 0.1) is 6.04 Å². The van der Waals surface area contributed by atoms with Gasteiger partial charge in [0, 0.05) is 71.3 Å². The maximum atomic E-state index is 10.3. The van der Waals surface area contributed by atoms with E-state index in [1.807, 2.05) is 29.5 Å². The Labute approximate surface area is 234 Å². The van der Waals surface area contributed by atoms with Crippen LogP contribution in [0.3, 0.4) is 0 Å². The smallest absolute Gasteiger partial charge is 0.186 e. The van der Waals surface area contributed by atoms with Gasteiger partial charge in [-0.2, -0.15) is 0 Å². The van der Waals surface area contributed by atoms with Crippen molar-refractivity contribution in [2.75, 3.05) is 43.4 Å². The van der Waals surface area contributed by atoms with Crippen molar-refractivity contribution in [2.24, 2.45) is 11.1 Å². The Bertz CT molecular complexity index is 1390. The summed E-state index contributed by atoms with van der Waals surface area (Å²) in [6.45, 7) is 8.02. The van der Waals surface area contributed by atoms with Crippen LogP contribution in [0, 0.1) is 5.41 Å². The van der Waals surface area contributed by atoms with Gasteiger partial charge < -0.3 is 36.7 Å². The predicted octanol–water partition coefficient (Wildman–Crippen LogP) is 4.27. The number of nitrogens with zero attached hydrogens (tertiary/aromatic N) is 3. The minimum absolute atomic E-state index is 0.110. The minimum atomic E-state index is 0.110. The average molecular weight is 546 g/mol. The molecule has 1 spiro atoms. The van der Waals surface area contributed by atoms with E-state index in [0.29, 0.717) is 28.4 Å². The summed E-state index contributed by atoms with van der Waals surface area (Å²) in [6, 6.07) is 8.05. The number of piperidine rings is 1. The molecule has 206 valence electrons. The summed E-state index contributed by atoms with van der Waals surface area (Å²) in [7, 11) is 0. The Hall–Kier alpha value is -3.01. The number of likely N-dealkylation sites (tertiary alicyclic amines) is 1. The van der Waals surface area contributed by atoms with Crippen molar-refractivity contribution in [2.45, 2.75) is 57.0 Å². The summed E-state index contributed by atoms with van der Waals surface area (Å²) in [4.78, 5) is 14.9. The third kappa shape index (κ3) is 4.31. The fourth-order valence-electron chi connectivity index (χ4n) is 7.34. The Kier molecular flexibility index (Phi) is 6.13. The molecule has 1 saturated carbocycles. The number of aromatic hydroxyl groups is 1. The maximum absolute atomic E-state index is 10.3. The molecule has 0 bridgehead atoms. The van der Waals surface area contributed by atoms with Gasteiger partial charge in [0.25, 0.3) is 0 Å². The first-order valence-corrected chi connectivity index (χ1v) is 15.2. The first kappa shape index (κ1) is 25.0. The summed E-state index contributed by atoms with van der Waals surface area (Å²) in [5.74, 6) is 1.39. The topological polar surface area (TPSA) is 119 Å². The summed E-state index contributed by atoms with van der Waals surface area (Å²) in [5.41, 5.74) is 17.9. The van der Waals surface area contributed by atoms with Gasteiger partial charge in [-0.15, -0.1) is 11.3 Å². The molecule has 2 aromatic heterocycles. The van der Waals surface area contributed by atoms with E-state index < -0.39 is 0 Å². The number of phenols is 1. The van der Waals surface area contributed by atoms with E-state index in [0.717, 1.165) is 35.4 Å². The molecule has 8 nitrogen and oxygen atoms in total. The predicted molar refractivity (Wildman–Crippen MR) is 159 cm³/mol. The van der Waals surface area contributed by atoms with Crippen LogP contribution >= 0.6 is 11.3 Å². The standard InChI is InChI=1S/C30H39N7OS/c1-18-27-22(12-23(31)21-4-2-3-5-25(21)38)28(32)35-24(27)8-11-37(18)29-34-15-26(39-29)19-6-9-36(10-7-19)20-13-30(14-20)16-33-17-30/h2-5,12,15,18-20,33,35,38H,6-11,13-14,16-17,31-32H2,1H3/b23-12-. The highest BCUT2D eigenvalue weighted by Gasteiger charge is 2.50. The largest absolute Gasteiger partial charge is 0.507 e. The first-order valence-electron chi connectivity index (χ1n) is 14.3. The normalized spacial score (nSPS) is 24.0. The van der Waals surface area contributed by atoms with Gasteiger partial charge in [-0.1, -0.05) is 12.1 Å². The molecule has 9 heteroatoms. The van der Waals surface area contributed by atoms with E-state index in [1.54, 1.807) is 12.1 Å². The number of benzene rings is 1. The van der Waals surface area contributed by atoms with Gasteiger partial charge in [0.1, 0.15) is 11.6 Å². The van der Waals surface area contributed by atoms with Crippen LogP contribution in [0.15, 0.2) is 30.5 Å². The first-order chi connectivity index (χ1) is 18.9. The number of nitrogens with one attached hydrogen (secondary N) is 2. The third-order valence-electron chi connectivity index (χ3n) is 9.74. The van der Waals surface area contributed by atoms with E-state index in [4.69, 9.17) is 16.5 Å². The molecule has 0 radical (unpaired) electrons. The molecule has 1 atom stereocenters. The number of nitrogens with two attached hydrogens (primary N) is 2. The highest BCUT2D eigenvalue weighted by atomic mass is 32.1. The van der Waals surface area contributed by atoms with Gasteiger partial charge in [0.2, 0.25) is 0 Å². The van der Waals surface area contributed by atoms with Crippen molar-refractivity contribution >= 4 is 34.1 Å². The van der Waals surface area contributed by atoms with E-state index >= 15 is 0 Å². The van der Waals surface area contributed by atoms with E-state index in [2.05, 4.69) is 33.2 Å². The molecule has 7 N–H and O–H groups in total. The highest BCUT2D eigenvalue weighted by Crippen LogP contribution is 2.48. The molecule has 4 aliphatic rings. The molecule has 1 aromatic carbocycles. The fraction of sp³-hybridized carbons (Fsp3) is 0.500. The molecule has 3 aliphatic heterocycles. The lowest BCUT2D eigenvalue weighted by Gasteiger charge is -2.58. The van der Waals surface area contributed by atoms with Gasteiger partial charge in [0.15, 0.2) is 5.13 Å². The Balaban J connectivity index is 1.05. The number of para-hydroxylation sites is 1. The van der Waals surface area contributed by atoms with Crippen LogP contribution in [0.5, 0.6) is 5.75 Å². The number of fused-ring (bicyclic) bond motifs is 1. The van der Waals surface area contributed by atoms with Gasteiger partial charge in [-0.05, 0) is 75.2 Å². The minimum Gasteiger partial charge on any atom is -0.507 e. The van der Waals surface area contributed by atoms with Gasteiger partial charge >= 0.3 is 0 Å². The van der Waals surface area contributed by atoms with Crippen molar-refractivity contribution in [3.05, 3.63) is 57.7 Å². The van der Waals surface area contributed by atoms with Gasteiger partial charge in [-0.25, -0.2) is 4.98 Å². The summed E-state index contributed by atoms with van der Waals surface area (Å²) in [6.07, 6.45) is 10.2. The number of phenolic OH excluding ortho intramolecular Hbond substituents is 1. The van der Waals surface area contributed by atoms with Crippen LogP contribution in [0.2, 0.25) is 0 Å². The number of aromatic amines is 1. The van der Waals surface area contributed by atoms with Crippen LogP contribution in [0.1, 0.15) is 71.8 Å². The quantitative estimate of drug-likeness (QED) is 0.325. The van der Waals surface area contributed by atoms with Crippen molar-refractivity contribution in [3.63, 3.8) is 0 Å². The number of aromatic nitrogens is 2. The molecule has 2 saturated heterocycles. The second-order valence-electron chi connectivity index (χ2n) is 12.1. The SMILES string of the molecule is CC1c2c([nH]c(N)c2/C=C(\N)c2ccccc2O)CCN1c1ncc(C2CCN(C3CC4(CNC4)C3)CC2)s1. The van der Waals surface area contributed by atoms with Crippen LogP contribution in [0.4, 0.5) is 10.9 Å². The molecule has 0 amide bonds. The zero-order valence-electron chi connectivity index (χ0n) is 22.6. The van der Waals surface area contributed by atoms with E-state index in [-0.39, 0.29) is 11.8 Å².